The lowest BCUT2D eigenvalue weighted by Gasteiger charge is -2.05. The predicted octanol–water partition coefficient (Wildman–Crippen LogP) is 4.14. The number of nitrogens with one attached hydrogen (secondary N) is 1. The maximum atomic E-state index is 12.0. The lowest BCUT2D eigenvalue weighted by atomic mass is 10.1. The molecule has 1 aromatic heterocycles. The van der Waals surface area contributed by atoms with Gasteiger partial charge >= 0.3 is 0 Å². The van der Waals surface area contributed by atoms with E-state index in [1.165, 1.54) is 23.1 Å². The Balaban J connectivity index is 1.60. The van der Waals surface area contributed by atoms with Crippen LogP contribution in [0, 0.1) is 0 Å². The maximum Gasteiger partial charge on any atom is 0.234 e. The third-order valence-corrected chi connectivity index (χ3v) is 5.95. The molecule has 0 bridgehead atoms. The third-order valence-electron chi connectivity index (χ3n) is 2.92. The van der Waals surface area contributed by atoms with Crippen LogP contribution in [0.3, 0.4) is 0 Å². The number of hydrogen-bond acceptors (Lipinski definition) is 6. The monoisotopic (exact) mass is 347 g/mol. The second-order valence-electron chi connectivity index (χ2n) is 4.44. The van der Waals surface area contributed by atoms with Crippen molar-refractivity contribution in [3.63, 3.8) is 0 Å². The molecule has 7 heteroatoms. The highest BCUT2D eigenvalue weighted by molar-refractivity contribution is 8.03. The van der Waals surface area contributed by atoms with Gasteiger partial charge in [-0.1, -0.05) is 65.2 Å². The molecule has 112 valence electrons. The van der Waals surface area contributed by atoms with Crippen molar-refractivity contribution in [1.29, 1.82) is 0 Å². The molecule has 0 saturated carbocycles. The second-order valence-corrected chi connectivity index (χ2v) is 7.69. The number of nitrogens with zero attached hydrogens (tertiary/aromatic N) is 2. The Hall–Kier alpha value is -1.57. The van der Waals surface area contributed by atoms with Crippen LogP contribution in [0.5, 0.6) is 0 Å². The highest BCUT2D eigenvalue weighted by Gasteiger charge is 2.08. The number of carbonyl (C=O) groups is 1. The van der Waals surface area contributed by atoms with Crippen LogP contribution >= 0.6 is 34.9 Å². The number of carbonyl (C=O) groups excluding carboxylic acids is 1. The Morgan fingerprint density at radius 1 is 1.14 bits per heavy atom. The molecule has 2 aromatic carbocycles. The fourth-order valence-corrected chi connectivity index (χ4v) is 4.17. The van der Waals surface area contributed by atoms with Gasteiger partial charge in [0.25, 0.3) is 0 Å². The molecule has 0 unspecified atom stereocenters. The Morgan fingerprint density at radius 2 is 1.91 bits per heavy atom. The van der Waals surface area contributed by atoms with E-state index in [1.54, 1.807) is 11.8 Å². The Labute approximate surface area is 140 Å². The number of benzene rings is 2. The Bertz CT molecular complexity index is 803. The van der Waals surface area contributed by atoms with Gasteiger partial charge in [-0.3, -0.25) is 4.79 Å². The average molecular weight is 347 g/mol. The van der Waals surface area contributed by atoms with E-state index in [2.05, 4.69) is 21.6 Å². The highest BCUT2D eigenvalue weighted by Crippen LogP contribution is 2.27. The summed E-state index contributed by atoms with van der Waals surface area (Å²) in [4.78, 5) is 12.0. The van der Waals surface area contributed by atoms with Crippen molar-refractivity contribution in [2.24, 2.45) is 0 Å². The van der Waals surface area contributed by atoms with E-state index in [0.717, 1.165) is 25.1 Å². The summed E-state index contributed by atoms with van der Waals surface area (Å²) in [7, 11) is 0. The standard InChI is InChI=1S/C15H13N3OS3/c1-20-14-17-18-15(22-14)21-9-13(19)16-12-7-6-10-4-2-3-5-11(10)8-12/h2-8H,9H2,1H3,(H,16,19). The van der Waals surface area contributed by atoms with Gasteiger partial charge in [0.15, 0.2) is 8.68 Å². The van der Waals surface area contributed by atoms with Crippen LogP contribution in [0.1, 0.15) is 0 Å². The molecule has 0 atom stereocenters. The minimum absolute atomic E-state index is 0.0406. The zero-order chi connectivity index (χ0) is 15.4. The number of thioether (sulfide) groups is 2. The summed E-state index contributed by atoms with van der Waals surface area (Å²) >= 11 is 4.47. The minimum Gasteiger partial charge on any atom is -0.325 e. The van der Waals surface area contributed by atoms with Crippen LogP contribution in [0.4, 0.5) is 5.69 Å². The van der Waals surface area contributed by atoms with Gasteiger partial charge in [-0.25, -0.2) is 0 Å². The number of fused-ring (bicyclic) bond motifs is 1. The third kappa shape index (κ3) is 3.79. The van der Waals surface area contributed by atoms with Gasteiger partial charge in [-0.05, 0) is 29.2 Å². The average Bonchev–Trinajstić information content (AvgIpc) is 3.01. The van der Waals surface area contributed by atoms with Gasteiger partial charge in [0.2, 0.25) is 5.91 Å². The molecule has 0 saturated heterocycles. The quantitative estimate of drug-likeness (QED) is 0.703. The summed E-state index contributed by atoms with van der Waals surface area (Å²) in [6.45, 7) is 0. The molecule has 1 heterocycles. The van der Waals surface area contributed by atoms with E-state index in [1.807, 2.05) is 42.7 Å². The zero-order valence-corrected chi connectivity index (χ0v) is 14.2. The van der Waals surface area contributed by atoms with Crippen molar-refractivity contribution in [2.75, 3.05) is 17.3 Å². The smallest absolute Gasteiger partial charge is 0.234 e. The molecule has 3 rings (SSSR count). The van der Waals surface area contributed by atoms with E-state index in [-0.39, 0.29) is 5.91 Å². The van der Waals surface area contributed by atoms with E-state index in [0.29, 0.717) is 5.75 Å². The molecule has 1 amide bonds. The highest BCUT2D eigenvalue weighted by atomic mass is 32.2. The number of anilines is 1. The zero-order valence-electron chi connectivity index (χ0n) is 11.8. The summed E-state index contributed by atoms with van der Waals surface area (Å²) in [5.74, 6) is 0.289. The van der Waals surface area contributed by atoms with Crippen molar-refractivity contribution >= 4 is 57.2 Å². The summed E-state index contributed by atoms with van der Waals surface area (Å²) in [5, 5.41) is 13.2. The van der Waals surface area contributed by atoms with Crippen molar-refractivity contribution in [2.45, 2.75) is 8.68 Å². The van der Waals surface area contributed by atoms with Crippen molar-refractivity contribution < 1.29 is 4.79 Å². The molecule has 0 fully saturated rings. The second kappa shape index (κ2) is 7.13. The first-order valence-corrected chi connectivity index (χ1v) is 9.56. The Kier molecular flexibility index (Phi) is 4.97. The molecule has 1 N–H and O–H groups in total. The van der Waals surface area contributed by atoms with Crippen LogP contribution in [-0.4, -0.2) is 28.1 Å². The van der Waals surface area contributed by atoms with Crippen LogP contribution in [0.2, 0.25) is 0 Å². The molecule has 0 aliphatic rings. The SMILES string of the molecule is CSc1nnc(SCC(=O)Nc2ccc3ccccc3c2)s1. The molecular formula is C15H13N3OS3. The fourth-order valence-electron chi connectivity index (χ4n) is 1.93. The summed E-state index contributed by atoms with van der Waals surface area (Å²) in [5.41, 5.74) is 0.811. The van der Waals surface area contributed by atoms with E-state index in [9.17, 15) is 4.79 Å². The molecule has 0 spiro atoms. The van der Waals surface area contributed by atoms with Crippen LogP contribution in [0.15, 0.2) is 51.1 Å². The molecule has 0 radical (unpaired) electrons. The van der Waals surface area contributed by atoms with E-state index < -0.39 is 0 Å². The first-order valence-electron chi connectivity index (χ1n) is 6.53. The minimum atomic E-state index is -0.0406. The molecule has 4 nitrogen and oxygen atoms in total. The van der Waals surface area contributed by atoms with Crippen molar-refractivity contribution in [1.82, 2.24) is 10.2 Å². The van der Waals surface area contributed by atoms with Crippen molar-refractivity contribution in [3.8, 4) is 0 Å². The first-order chi connectivity index (χ1) is 10.7. The fraction of sp³-hybridized carbons (Fsp3) is 0.133. The topological polar surface area (TPSA) is 54.9 Å². The lowest BCUT2D eigenvalue weighted by molar-refractivity contribution is -0.113. The lowest BCUT2D eigenvalue weighted by Crippen LogP contribution is -2.13. The number of hydrogen-bond donors (Lipinski definition) is 1. The molecule has 0 aliphatic carbocycles. The van der Waals surface area contributed by atoms with Crippen molar-refractivity contribution in [3.05, 3.63) is 42.5 Å². The van der Waals surface area contributed by atoms with E-state index in [4.69, 9.17) is 0 Å². The van der Waals surface area contributed by atoms with Gasteiger partial charge in [-0.2, -0.15) is 0 Å². The molecule has 3 aromatic rings. The summed E-state index contributed by atoms with van der Waals surface area (Å²) < 4.78 is 1.73. The predicted molar refractivity (Wildman–Crippen MR) is 95.0 cm³/mol. The first kappa shape index (κ1) is 15.3. The number of rotatable bonds is 5. The largest absolute Gasteiger partial charge is 0.325 e. The van der Waals surface area contributed by atoms with Gasteiger partial charge in [0.05, 0.1) is 5.75 Å². The summed E-state index contributed by atoms with van der Waals surface area (Å²) in [6, 6.07) is 14.0. The molecule has 0 aliphatic heterocycles. The number of aromatic nitrogens is 2. The van der Waals surface area contributed by atoms with Crippen LogP contribution < -0.4 is 5.32 Å². The molecular weight excluding hydrogens is 334 g/mol. The van der Waals surface area contributed by atoms with Gasteiger partial charge < -0.3 is 5.32 Å². The van der Waals surface area contributed by atoms with Gasteiger partial charge in [0.1, 0.15) is 0 Å². The molecule has 22 heavy (non-hydrogen) atoms. The summed E-state index contributed by atoms with van der Waals surface area (Å²) in [6.07, 6.45) is 1.96. The number of amides is 1. The Morgan fingerprint density at radius 3 is 2.68 bits per heavy atom. The van der Waals surface area contributed by atoms with Crippen LogP contribution in [0.25, 0.3) is 10.8 Å². The van der Waals surface area contributed by atoms with E-state index >= 15 is 0 Å². The van der Waals surface area contributed by atoms with Gasteiger partial charge in [-0.15, -0.1) is 10.2 Å². The van der Waals surface area contributed by atoms with Crippen LogP contribution in [-0.2, 0) is 4.79 Å². The normalized spacial score (nSPS) is 10.8. The van der Waals surface area contributed by atoms with Gasteiger partial charge in [0, 0.05) is 5.69 Å². The maximum absolute atomic E-state index is 12.0.